The third kappa shape index (κ3) is 4.18. The molecule has 1 saturated heterocycles. The van der Waals surface area contributed by atoms with Crippen molar-refractivity contribution >= 4 is 11.7 Å². The Morgan fingerprint density at radius 3 is 2.48 bits per heavy atom. The predicted octanol–water partition coefficient (Wildman–Crippen LogP) is 2.86. The SMILES string of the molecule is CCN(Cc1nccn1C)C(=O)c1ccc(N2CCCCCC2)nc1. The second kappa shape index (κ2) is 8.14. The minimum Gasteiger partial charge on any atom is -0.357 e. The predicted molar refractivity (Wildman–Crippen MR) is 98.5 cm³/mol. The molecule has 2 aromatic heterocycles. The minimum atomic E-state index is 0.000386. The normalized spacial score (nSPS) is 15.0. The van der Waals surface area contributed by atoms with Crippen LogP contribution < -0.4 is 4.90 Å². The van der Waals surface area contributed by atoms with Crippen molar-refractivity contribution in [3.05, 3.63) is 42.1 Å². The van der Waals surface area contributed by atoms with Gasteiger partial charge in [-0.25, -0.2) is 9.97 Å². The molecule has 0 unspecified atom stereocenters. The maximum absolute atomic E-state index is 12.8. The van der Waals surface area contributed by atoms with E-state index in [1.54, 1.807) is 17.3 Å². The molecule has 0 atom stereocenters. The summed E-state index contributed by atoms with van der Waals surface area (Å²) in [5.41, 5.74) is 0.634. The van der Waals surface area contributed by atoms with Gasteiger partial charge in [0, 0.05) is 45.3 Å². The van der Waals surface area contributed by atoms with E-state index in [1.165, 1.54) is 25.7 Å². The average Bonchev–Trinajstić information content (AvgIpc) is 2.88. The van der Waals surface area contributed by atoms with Gasteiger partial charge >= 0.3 is 0 Å². The molecule has 0 spiro atoms. The quantitative estimate of drug-likeness (QED) is 0.839. The number of nitrogens with zero attached hydrogens (tertiary/aromatic N) is 5. The highest BCUT2D eigenvalue weighted by atomic mass is 16.2. The smallest absolute Gasteiger partial charge is 0.255 e. The van der Waals surface area contributed by atoms with Crippen molar-refractivity contribution in [3.63, 3.8) is 0 Å². The third-order valence-corrected chi connectivity index (χ3v) is 4.85. The number of anilines is 1. The first kappa shape index (κ1) is 17.5. The minimum absolute atomic E-state index is 0.000386. The van der Waals surface area contributed by atoms with Gasteiger partial charge in [0.2, 0.25) is 0 Å². The van der Waals surface area contributed by atoms with Crippen LogP contribution in [0.3, 0.4) is 0 Å². The zero-order valence-electron chi connectivity index (χ0n) is 15.2. The summed E-state index contributed by atoms with van der Waals surface area (Å²) in [5, 5.41) is 0. The Morgan fingerprint density at radius 2 is 1.92 bits per heavy atom. The van der Waals surface area contributed by atoms with Gasteiger partial charge in [0.1, 0.15) is 11.6 Å². The first-order valence-corrected chi connectivity index (χ1v) is 9.15. The number of hydrogen-bond acceptors (Lipinski definition) is 4. The fourth-order valence-corrected chi connectivity index (χ4v) is 3.23. The zero-order valence-corrected chi connectivity index (χ0v) is 15.2. The van der Waals surface area contributed by atoms with E-state index >= 15 is 0 Å². The number of pyridine rings is 1. The fourth-order valence-electron chi connectivity index (χ4n) is 3.23. The van der Waals surface area contributed by atoms with E-state index in [2.05, 4.69) is 14.9 Å². The van der Waals surface area contributed by atoms with Crippen molar-refractivity contribution in [2.75, 3.05) is 24.5 Å². The molecule has 0 radical (unpaired) electrons. The van der Waals surface area contributed by atoms with Gasteiger partial charge in [0.05, 0.1) is 12.1 Å². The number of carbonyl (C=O) groups is 1. The lowest BCUT2D eigenvalue weighted by molar-refractivity contribution is 0.0747. The molecule has 1 fully saturated rings. The topological polar surface area (TPSA) is 54.3 Å². The van der Waals surface area contributed by atoms with Crippen LogP contribution in [0.25, 0.3) is 0 Å². The number of imidazole rings is 1. The maximum Gasteiger partial charge on any atom is 0.255 e. The highest BCUT2D eigenvalue weighted by molar-refractivity contribution is 5.94. The van der Waals surface area contributed by atoms with Crippen LogP contribution in [0, 0.1) is 0 Å². The molecule has 0 bridgehead atoms. The third-order valence-electron chi connectivity index (χ3n) is 4.85. The van der Waals surface area contributed by atoms with E-state index in [0.29, 0.717) is 18.7 Å². The van der Waals surface area contributed by atoms with E-state index in [0.717, 1.165) is 24.7 Å². The van der Waals surface area contributed by atoms with Crippen molar-refractivity contribution < 1.29 is 4.79 Å². The summed E-state index contributed by atoms with van der Waals surface area (Å²) in [6, 6.07) is 3.88. The molecule has 134 valence electrons. The van der Waals surface area contributed by atoms with Crippen LogP contribution in [0.5, 0.6) is 0 Å². The summed E-state index contributed by atoms with van der Waals surface area (Å²) in [7, 11) is 1.94. The molecule has 2 aromatic rings. The first-order chi connectivity index (χ1) is 12.2. The van der Waals surface area contributed by atoms with E-state index in [4.69, 9.17) is 0 Å². The Kier molecular flexibility index (Phi) is 5.68. The lowest BCUT2D eigenvalue weighted by Crippen LogP contribution is -2.31. The molecule has 3 heterocycles. The summed E-state index contributed by atoms with van der Waals surface area (Å²) in [4.78, 5) is 25.8. The monoisotopic (exact) mass is 341 g/mol. The van der Waals surface area contributed by atoms with E-state index in [9.17, 15) is 4.79 Å². The van der Waals surface area contributed by atoms with Gasteiger partial charge < -0.3 is 14.4 Å². The number of carbonyl (C=O) groups excluding carboxylic acids is 1. The van der Waals surface area contributed by atoms with Gasteiger partial charge in [0.25, 0.3) is 5.91 Å². The number of aromatic nitrogens is 3. The Balaban J connectivity index is 1.69. The lowest BCUT2D eigenvalue weighted by atomic mass is 10.2. The Bertz CT molecular complexity index is 686. The van der Waals surface area contributed by atoms with E-state index in [-0.39, 0.29) is 5.91 Å². The van der Waals surface area contributed by atoms with Crippen molar-refractivity contribution in [3.8, 4) is 0 Å². The van der Waals surface area contributed by atoms with Crippen LogP contribution in [0.15, 0.2) is 30.7 Å². The van der Waals surface area contributed by atoms with Crippen LogP contribution in [-0.2, 0) is 13.6 Å². The number of rotatable bonds is 5. The molecule has 0 N–H and O–H groups in total. The van der Waals surface area contributed by atoms with Gasteiger partial charge in [-0.2, -0.15) is 0 Å². The molecule has 0 saturated carbocycles. The Labute approximate surface area is 149 Å². The molecule has 3 rings (SSSR count). The van der Waals surface area contributed by atoms with Crippen molar-refractivity contribution in [2.45, 2.75) is 39.2 Å². The standard InChI is InChI=1S/C19H27N5O/c1-3-23(15-18-20-10-13-22(18)2)19(25)16-8-9-17(21-14-16)24-11-6-4-5-7-12-24/h8-10,13-14H,3-7,11-12,15H2,1-2H3. The Morgan fingerprint density at radius 1 is 1.16 bits per heavy atom. The van der Waals surface area contributed by atoms with Gasteiger partial charge in [-0.15, -0.1) is 0 Å². The zero-order chi connectivity index (χ0) is 17.6. The highest BCUT2D eigenvalue weighted by Crippen LogP contribution is 2.18. The molecular weight excluding hydrogens is 314 g/mol. The molecule has 25 heavy (non-hydrogen) atoms. The lowest BCUT2D eigenvalue weighted by Gasteiger charge is -2.23. The van der Waals surface area contributed by atoms with Crippen LogP contribution in [-0.4, -0.2) is 45.0 Å². The number of hydrogen-bond donors (Lipinski definition) is 0. The van der Waals surface area contributed by atoms with Crippen LogP contribution in [0.1, 0.15) is 48.8 Å². The van der Waals surface area contributed by atoms with Gasteiger partial charge in [-0.1, -0.05) is 12.8 Å². The van der Waals surface area contributed by atoms with Crippen LogP contribution >= 0.6 is 0 Å². The molecule has 1 aliphatic heterocycles. The number of aryl methyl sites for hydroxylation is 1. The molecule has 1 aliphatic rings. The molecule has 6 heteroatoms. The molecule has 0 aromatic carbocycles. The first-order valence-electron chi connectivity index (χ1n) is 9.15. The van der Waals surface area contributed by atoms with Gasteiger partial charge in [-0.05, 0) is 31.9 Å². The summed E-state index contributed by atoms with van der Waals surface area (Å²) in [5.74, 6) is 1.86. The number of amides is 1. The largest absolute Gasteiger partial charge is 0.357 e. The second-order valence-corrected chi connectivity index (χ2v) is 6.58. The summed E-state index contributed by atoms with van der Waals surface area (Å²) >= 11 is 0. The fraction of sp³-hybridized carbons (Fsp3) is 0.526. The van der Waals surface area contributed by atoms with E-state index < -0.39 is 0 Å². The molecule has 1 amide bonds. The summed E-state index contributed by atoms with van der Waals surface area (Å²) < 4.78 is 1.94. The Hall–Kier alpha value is -2.37. The van der Waals surface area contributed by atoms with Gasteiger partial charge in [-0.3, -0.25) is 4.79 Å². The average molecular weight is 341 g/mol. The molecular formula is C19H27N5O. The van der Waals surface area contributed by atoms with Crippen LogP contribution in [0.2, 0.25) is 0 Å². The summed E-state index contributed by atoms with van der Waals surface area (Å²) in [6.07, 6.45) is 10.4. The highest BCUT2D eigenvalue weighted by Gasteiger charge is 2.18. The summed E-state index contributed by atoms with van der Waals surface area (Å²) in [6.45, 7) is 5.24. The van der Waals surface area contributed by atoms with Gasteiger partial charge in [0.15, 0.2) is 0 Å². The van der Waals surface area contributed by atoms with Crippen LogP contribution in [0.4, 0.5) is 5.82 Å². The maximum atomic E-state index is 12.8. The van der Waals surface area contributed by atoms with Crippen molar-refractivity contribution in [1.29, 1.82) is 0 Å². The van der Waals surface area contributed by atoms with Crippen molar-refractivity contribution in [1.82, 2.24) is 19.4 Å². The molecule has 6 nitrogen and oxygen atoms in total. The van der Waals surface area contributed by atoms with Crippen molar-refractivity contribution in [2.24, 2.45) is 7.05 Å². The molecule has 0 aliphatic carbocycles. The van der Waals surface area contributed by atoms with E-state index in [1.807, 2.05) is 36.9 Å². The second-order valence-electron chi connectivity index (χ2n) is 6.58.